The van der Waals surface area contributed by atoms with Crippen LogP contribution in [-0.2, 0) is 16.4 Å². The zero-order valence-electron chi connectivity index (χ0n) is 16.8. The van der Waals surface area contributed by atoms with Crippen molar-refractivity contribution < 1.29 is 13.2 Å². The van der Waals surface area contributed by atoms with Crippen LogP contribution in [0, 0.1) is 0 Å². The molecule has 5 nitrogen and oxygen atoms in total. The van der Waals surface area contributed by atoms with Crippen LogP contribution in [-0.4, -0.2) is 27.1 Å². The number of hydrogen-bond acceptors (Lipinski definition) is 4. The van der Waals surface area contributed by atoms with E-state index in [1.807, 2.05) is 30.5 Å². The highest BCUT2D eigenvalue weighted by molar-refractivity contribution is 7.98. The van der Waals surface area contributed by atoms with E-state index in [2.05, 4.69) is 5.32 Å². The Hall–Kier alpha value is -2.48. The number of thioether (sulfide) groups is 1. The summed E-state index contributed by atoms with van der Waals surface area (Å²) in [5.74, 6) is -0.223. The largest absolute Gasteiger partial charge is 0.322 e. The summed E-state index contributed by atoms with van der Waals surface area (Å²) in [4.78, 5) is 14.0. The summed E-state index contributed by atoms with van der Waals surface area (Å²) in [7, 11) is -3.71. The molecule has 0 saturated carbocycles. The van der Waals surface area contributed by atoms with E-state index < -0.39 is 10.0 Å². The number of nitrogens with one attached hydrogen (secondary N) is 1. The number of carbonyl (C=O) groups excluding carboxylic acids is 1. The summed E-state index contributed by atoms with van der Waals surface area (Å²) >= 11 is 7.51. The Balaban J connectivity index is 1.61. The summed E-state index contributed by atoms with van der Waals surface area (Å²) in [5, 5.41) is 3.40. The van der Waals surface area contributed by atoms with Crippen LogP contribution in [0.5, 0.6) is 0 Å². The van der Waals surface area contributed by atoms with Crippen LogP contribution in [0.2, 0.25) is 5.02 Å². The van der Waals surface area contributed by atoms with Gasteiger partial charge in [0.15, 0.2) is 0 Å². The molecule has 0 aliphatic carbocycles. The summed E-state index contributed by atoms with van der Waals surface area (Å²) in [6, 6.07) is 19.0. The van der Waals surface area contributed by atoms with E-state index in [9.17, 15) is 13.2 Å². The van der Waals surface area contributed by atoms with Gasteiger partial charge in [0.25, 0.3) is 15.9 Å². The van der Waals surface area contributed by atoms with Gasteiger partial charge in [-0.05, 0) is 85.3 Å². The van der Waals surface area contributed by atoms with Crippen molar-refractivity contribution in [3.8, 4) is 0 Å². The lowest BCUT2D eigenvalue weighted by atomic mass is 10.0. The van der Waals surface area contributed by atoms with E-state index >= 15 is 0 Å². The van der Waals surface area contributed by atoms with Crippen LogP contribution in [0.3, 0.4) is 0 Å². The van der Waals surface area contributed by atoms with E-state index in [1.54, 1.807) is 42.1 Å². The highest BCUT2D eigenvalue weighted by Gasteiger charge is 2.29. The molecule has 0 bridgehead atoms. The van der Waals surface area contributed by atoms with Crippen LogP contribution >= 0.6 is 23.4 Å². The summed E-state index contributed by atoms with van der Waals surface area (Å²) in [6.45, 7) is 0.394. The second-order valence-corrected chi connectivity index (χ2v) is 10.3. The van der Waals surface area contributed by atoms with Crippen LogP contribution in [0.1, 0.15) is 22.3 Å². The fourth-order valence-electron chi connectivity index (χ4n) is 3.59. The molecule has 8 heteroatoms. The maximum absolute atomic E-state index is 13.2. The number of sulfonamides is 1. The third-order valence-corrected chi connectivity index (χ3v) is 7.95. The van der Waals surface area contributed by atoms with E-state index in [4.69, 9.17) is 11.6 Å². The van der Waals surface area contributed by atoms with Crippen molar-refractivity contribution in [1.82, 2.24) is 0 Å². The fraction of sp³-hybridized carbons (Fsp3) is 0.174. The van der Waals surface area contributed by atoms with Crippen molar-refractivity contribution in [2.45, 2.75) is 22.6 Å². The Morgan fingerprint density at radius 2 is 1.84 bits per heavy atom. The predicted octanol–water partition coefficient (Wildman–Crippen LogP) is 5.46. The molecule has 3 aromatic carbocycles. The first kappa shape index (κ1) is 21.7. The van der Waals surface area contributed by atoms with Gasteiger partial charge in [0.05, 0.1) is 10.6 Å². The molecule has 0 unspecified atom stereocenters. The van der Waals surface area contributed by atoms with E-state index in [0.717, 1.165) is 16.1 Å². The van der Waals surface area contributed by atoms with Crippen molar-refractivity contribution in [2.24, 2.45) is 0 Å². The first-order valence-electron chi connectivity index (χ1n) is 9.75. The molecule has 0 spiro atoms. The number of fused-ring (bicyclic) bond motifs is 1. The maximum Gasteiger partial charge on any atom is 0.264 e. The molecular weight excluding hydrogens is 452 g/mol. The Bertz CT molecular complexity index is 1230. The molecule has 1 aliphatic heterocycles. The maximum atomic E-state index is 13.2. The Kier molecular flexibility index (Phi) is 6.27. The number of amides is 1. The lowest BCUT2D eigenvalue weighted by molar-refractivity contribution is 0.102. The number of hydrogen-bond donors (Lipinski definition) is 1. The van der Waals surface area contributed by atoms with Gasteiger partial charge in [-0.1, -0.05) is 17.7 Å². The second kappa shape index (κ2) is 8.94. The molecule has 31 heavy (non-hydrogen) atoms. The zero-order valence-corrected chi connectivity index (χ0v) is 19.2. The van der Waals surface area contributed by atoms with Gasteiger partial charge in [0.2, 0.25) is 0 Å². The Morgan fingerprint density at radius 3 is 2.58 bits per heavy atom. The van der Waals surface area contributed by atoms with Crippen molar-refractivity contribution in [3.05, 3.63) is 82.9 Å². The molecule has 0 fully saturated rings. The van der Waals surface area contributed by atoms with Crippen LogP contribution in [0.25, 0.3) is 0 Å². The molecule has 3 aromatic rings. The fourth-order valence-corrected chi connectivity index (χ4v) is 5.72. The summed E-state index contributed by atoms with van der Waals surface area (Å²) < 4.78 is 27.8. The van der Waals surface area contributed by atoms with Gasteiger partial charge >= 0.3 is 0 Å². The molecule has 160 valence electrons. The third-order valence-electron chi connectivity index (χ3n) is 5.15. The van der Waals surface area contributed by atoms with E-state index in [-0.39, 0.29) is 10.8 Å². The SMILES string of the molecule is CSc1cccc(NC(=O)c2ccc3c(c2)CCCN3S(=O)(=O)c2ccc(Cl)cc2)c1. The number of carbonyl (C=O) groups is 1. The average Bonchev–Trinajstić information content (AvgIpc) is 2.78. The number of halogens is 1. The number of nitrogens with zero attached hydrogens (tertiary/aromatic N) is 1. The number of aryl methyl sites for hydroxylation is 1. The van der Waals surface area contributed by atoms with Gasteiger partial charge in [0.1, 0.15) is 0 Å². The highest BCUT2D eigenvalue weighted by atomic mass is 35.5. The van der Waals surface area contributed by atoms with Crippen LogP contribution in [0.4, 0.5) is 11.4 Å². The van der Waals surface area contributed by atoms with Crippen molar-refractivity contribution in [2.75, 3.05) is 22.4 Å². The summed E-state index contributed by atoms with van der Waals surface area (Å²) in [5.41, 5.74) is 2.68. The highest BCUT2D eigenvalue weighted by Crippen LogP contribution is 2.33. The van der Waals surface area contributed by atoms with Crippen LogP contribution < -0.4 is 9.62 Å². The lowest BCUT2D eigenvalue weighted by Crippen LogP contribution is -2.35. The Morgan fingerprint density at radius 1 is 1.06 bits per heavy atom. The Labute approximate surface area is 191 Å². The summed E-state index contributed by atoms with van der Waals surface area (Å²) in [6.07, 6.45) is 3.37. The zero-order chi connectivity index (χ0) is 22.0. The van der Waals surface area contributed by atoms with Crippen molar-refractivity contribution in [1.29, 1.82) is 0 Å². The van der Waals surface area contributed by atoms with Gasteiger partial charge in [-0.3, -0.25) is 9.10 Å². The molecule has 1 heterocycles. The number of anilines is 2. The normalized spacial score (nSPS) is 13.5. The topological polar surface area (TPSA) is 66.5 Å². The number of rotatable bonds is 5. The van der Waals surface area contributed by atoms with Crippen molar-refractivity contribution >= 4 is 50.7 Å². The number of benzene rings is 3. The van der Waals surface area contributed by atoms with Gasteiger partial charge in [0, 0.05) is 27.7 Å². The molecular formula is C23H21ClN2O3S2. The molecule has 1 aliphatic rings. The van der Waals surface area contributed by atoms with Gasteiger partial charge < -0.3 is 5.32 Å². The first-order chi connectivity index (χ1) is 14.9. The lowest BCUT2D eigenvalue weighted by Gasteiger charge is -2.30. The first-order valence-corrected chi connectivity index (χ1v) is 12.8. The molecule has 0 aromatic heterocycles. The molecule has 1 amide bonds. The third kappa shape index (κ3) is 4.59. The minimum Gasteiger partial charge on any atom is -0.322 e. The second-order valence-electron chi connectivity index (χ2n) is 7.16. The van der Waals surface area contributed by atoms with Gasteiger partial charge in [-0.15, -0.1) is 11.8 Å². The van der Waals surface area contributed by atoms with Crippen LogP contribution in [0.15, 0.2) is 76.5 Å². The molecule has 0 saturated heterocycles. The smallest absolute Gasteiger partial charge is 0.264 e. The minimum absolute atomic E-state index is 0.195. The molecule has 4 rings (SSSR count). The van der Waals surface area contributed by atoms with Gasteiger partial charge in [-0.2, -0.15) is 0 Å². The monoisotopic (exact) mass is 472 g/mol. The molecule has 0 radical (unpaired) electrons. The minimum atomic E-state index is -3.71. The van der Waals surface area contributed by atoms with Gasteiger partial charge in [-0.25, -0.2) is 8.42 Å². The van der Waals surface area contributed by atoms with E-state index in [1.165, 1.54) is 16.4 Å². The predicted molar refractivity (Wildman–Crippen MR) is 127 cm³/mol. The standard InChI is InChI=1S/C23H21ClN2O3S2/c1-30-20-6-2-5-19(15-20)25-23(27)17-7-12-22-16(14-17)4-3-13-26(22)31(28,29)21-10-8-18(24)9-11-21/h2,5-12,14-15H,3-4,13H2,1H3,(H,25,27). The molecule has 1 N–H and O–H groups in total. The average molecular weight is 473 g/mol. The van der Waals surface area contributed by atoms with E-state index in [0.29, 0.717) is 35.7 Å². The van der Waals surface area contributed by atoms with Crippen molar-refractivity contribution in [3.63, 3.8) is 0 Å². The molecule has 0 atom stereocenters. The quantitative estimate of drug-likeness (QED) is 0.501.